The molecule has 0 spiro atoms. The fraction of sp³-hybridized carbons (Fsp3) is 0.600. The van der Waals surface area contributed by atoms with E-state index in [1.54, 1.807) is 19.1 Å². The molecule has 19 heavy (non-hydrogen) atoms. The smallest absolute Gasteiger partial charge is 0.146 e. The molecule has 1 aliphatic rings. The molecule has 0 aromatic heterocycles. The average Bonchev–Trinajstić information content (AvgIpc) is 2.38. The molecule has 1 atom stereocenters. The van der Waals surface area contributed by atoms with Crippen LogP contribution in [0.25, 0.3) is 0 Å². The molecule has 1 heterocycles. The van der Waals surface area contributed by atoms with Gasteiger partial charge in [0.25, 0.3) is 0 Å². The molecule has 2 rings (SSSR count). The minimum atomic E-state index is -0.645. The van der Waals surface area contributed by atoms with Gasteiger partial charge in [-0.3, -0.25) is 4.90 Å². The maximum absolute atomic E-state index is 14.1. The van der Waals surface area contributed by atoms with Gasteiger partial charge in [-0.1, -0.05) is 12.1 Å². The van der Waals surface area contributed by atoms with E-state index in [-0.39, 0.29) is 5.82 Å². The summed E-state index contributed by atoms with van der Waals surface area (Å²) in [6.45, 7) is 9.52. The van der Waals surface area contributed by atoms with Crippen molar-refractivity contribution >= 4 is 5.69 Å². The quantitative estimate of drug-likeness (QED) is 0.910. The second-order valence-corrected chi connectivity index (χ2v) is 5.47. The van der Waals surface area contributed by atoms with Crippen LogP contribution in [0.4, 0.5) is 10.1 Å². The molecule has 1 aliphatic heterocycles. The maximum Gasteiger partial charge on any atom is 0.146 e. The van der Waals surface area contributed by atoms with Gasteiger partial charge in [-0.05, 0) is 26.8 Å². The Kier molecular flexibility index (Phi) is 4.42. The molecule has 1 N–H and O–H groups in total. The summed E-state index contributed by atoms with van der Waals surface area (Å²) in [6, 6.07) is 5.46. The highest BCUT2D eigenvalue weighted by Crippen LogP contribution is 2.30. The third-order valence-electron chi connectivity index (χ3n) is 3.83. The number of para-hydroxylation sites is 1. The molecular formula is C15H23FN2O. The van der Waals surface area contributed by atoms with Crippen LogP contribution in [0, 0.1) is 5.82 Å². The summed E-state index contributed by atoms with van der Waals surface area (Å²) >= 11 is 0. The minimum Gasteiger partial charge on any atom is -0.389 e. The molecule has 1 aromatic rings. The number of halogens is 1. The molecule has 0 saturated carbocycles. The molecule has 1 unspecified atom stereocenters. The van der Waals surface area contributed by atoms with Crippen LogP contribution >= 0.6 is 0 Å². The van der Waals surface area contributed by atoms with Crippen molar-refractivity contribution in [3.05, 3.63) is 29.6 Å². The third kappa shape index (κ3) is 3.07. The molecular weight excluding hydrogens is 243 g/mol. The van der Waals surface area contributed by atoms with Crippen LogP contribution in [0.2, 0.25) is 0 Å². The van der Waals surface area contributed by atoms with Crippen molar-refractivity contribution < 1.29 is 9.50 Å². The van der Waals surface area contributed by atoms with Crippen molar-refractivity contribution in [2.45, 2.75) is 32.9 Å². The van der Waals surface area contributed by atoms with Crippen LogP contribution in [-0.4, -0.2) is 42.2 Å². The van der Waals surface area contributed by atoms with Gasteiger partial charge >= 0.3 is 0 Å². The van der Waals surface area contributed by atoms with Gasteiger partial charge in [-0.25, -0.2) is 4.39 Å². The predicted octanol–water partition coefficient (Wildman–Crippen LogP) is 2.41. The molecule has 106 valence electrons. The van der Waals surface area contributed by atoms with Crippen LogP contribution in [-0.2, 0) is 0 Å². The van der Waals surface area contributed by atoms with Crippen molar-refractivity contribution in [3.63, 3.8) is 0 Å². The van der Waals surface area contributed by atoms with Gasteiger partial charge < -0.3 is 10.0 Å². The zero-order valence-electron chi connectivity index (χ0n) is 11.9. The summed E-state index contributed by atoms with van der Waals surface area (Å²) in [5.41, 5.74) is 1.25. The fourth-order valence-electron chi connectivity index (χ4n) is 2.66. The van der Waals surface area contributed by atoms with Gasteiger partial charge in [0.2, 0.25) is 0 Å². The van der Waals surface area contributed by atoms with Gasteiger partial charge in [-0.2, -0.15) is 0 Å². The van der Waals surface area contributed by atoms with Gasteiger partial charge in [0, 0.05) is 37.8 Å². The summed E-state index contributed by atoms with van der Waals surface area (Å²) in [7, 11) is 0. The highest BCUT2D eigenvalue weighted by Gasteiger charge is 2.24. The SMILES string of the molecule is CC(O)c1cccc(F)c1N1CCN(C(C)C)CC1. The van der Waals surface area contributed by atoms with Gasteiger partial charge in [0.1, 0.15) is 5.82 Å². The van der Waals surface area contributed by atoms with Crippen LogP contribution in [0.15, 0.2) is 18.2 Å². The number of hydrogen-bond donors (Lipinski definition) is 1. The topological polar surface area (TPSA) is 26.7 Å². The summed E-state index contributed by atoms with van der Waals surface area (Å²) in [4.78, 5) is 4.44. The van der Waals surface area contributed by atoms with E-state index in [9.17, 15) is 9.50 Å². The first-order valence-electron chi connectivity index (χ1n) is 6.96. The summed E-state index contributed by atoms with van der Waals surface area (Å²) in [6.07, 6.45) is -0.645. The Bertz CT molecular complexity index is 426. The highest BCUT2D eigenvalue weighted by molar-refractivity contribution is 5.56. The average molecular weight is 266 g/mol. The van der Waals surface area contributed by atoms with Crippen molar-refractivity contribution in [1.29, 1.82) is 0 Å². The molecule has 0 aliphatic carbocycles. The molecule has 0 bridgehead atoms. The molecule has 1 saturated heterocycles. The number of benzene rings is 1. The number of nitrogens with zero attached hydrogens (tertiary/aromatic N) is 2. The van der Waals surface area contributed by atoms with Gasteiger partial charge in [0.15, 0.2) is 0 Å². The first-order chi connectivity index (χ1) is 9.00. The third-order valence-corrected chi connectivity index (χ3v) is 3.83. The summed E-state index contributed by atoms with van der Waals surface area (Å²) < 4.78 is 14.1. The lowest BCUT2D eigenvalue weighted by Gasteiger charge is -2.39. The molecule has 1 fully saturated rings. The molecule has 0 radical (unpaired) electrons. The molecule has 4 heteroatoms. The lowest BCUT2D eigenvalue weighted by atomic mass is 10.1. The Balaban J connectivity index is 2.19. The number of hydrogen-bond acceptors (Lipinski definition) is 3. The largest absolute Gasteiger partial charge is 0.389 e. The molecule has 3 nitrogen and oxygen atoms in total. The number of rotatable bonds is 3. The Morgan fingerprint density at radius 3 is 2.26 bits per heavy atom. The normalized spacial score (nSPS) is 18.9. The fourth-order valence-corrected chi connectivity index (χ4v) is 2.66. The van der Waals surface area contributed by atoms with E-state index in [0.717, 1.165) is 26.2 Å². The van der Waals surface area contributed by atoms with Gasteiger partial charge in [-0.15, -0.1) is 0 Å². The van der Waals surface area contributed by atoms with Crippen LogP contribution in [0.1, 0.15) is 32.4 Å². The molecule has 0 amide bonds. The Morgan fingerprint density at radius 1 is 1.11 bits per heavy atom. The van der Waals surface area contributed by atoms with Gasteiger partial charge in [0.05, 0.1) is 11.8 Å². The number of anilines is 1. The van der Waals surface area contributed by atoms with E-state index in [4.69, 9.17) is 0 Å². The van der Waals surface area contributed by atoms with E-state index in [2.05, 4.69) is 23.6 Å². The predicted molar refractivity (Wildman–Crippen MR) is 76.0 cm³/mol. The van der Waals surface area contributed by atoms with E-state index in [0.29, 0.717) is 17.3 Å². The number of aliphatic hydroxyl groups is 1. The number of piperazine rings is 1. The monoisotopic (exact) mass is 266 g/mol. The summed E-state index contributed by atoms with van der Waals surface area (Å²) in [5.74, 6) is -0.239. The van der Waals surface area contributed by atoms with E-state index in [1.807, 2.05) is 0 Å². The maximum atomic E-state index is 14.1. The van der Waals surface area contributed by atoms with E-state index < -0.39 is 6.10 Å². The zero-order chi connectivity index (χ0) is 14.0. The lowest BCUT2D eigenvalue weighted by molar-refractivity contribution is 0.195. The zero-order valence-corrected chi connectivity index (χ0v) is 11.9. The van der Waals surface area contributed by atoms with Crippen LogP contribution in [0.3, 0.4) is 0 Å². The Labute approximate surface area is 114 Å². The first-order valence-corrected chi connectivity index (χ1v) is 6.96. The second-order valence-electron chi connectivity index (χ2n) is 5.47. The number of aliphatic hydroxyl groups excluding tert-OH is 1. The van der Waals surface area contributed by atoms with Crippen molar-refractivity contribution in [1.82, 2.24) is 4.90 Å². The lowest BCUT2D eigenvalue weighted by Crippen LogP contribution is -2.49. The Hall–Kier alpha value is -1.13. The van der Waals surface area contributed by atoms with Crippen molar-refractivity contribution in [2.75, 3.05) is 31.1 Å². The van der Waals surface area contributed by atoms with Crippen molar-refractivity contribution in [3.8, 4) is 0 Å². The second kappa shape index (κ2) is 5.88. The van der Waals surface area contributed by atoms with Crippen LogP contribution in [0.5, 0.6) is 0 Å². The highest BCUT2D eigenvalue weighted by atomic mass is 19.1. The standard InChI is InChI=1S/C15H23FN2O/c1-11(2)17-7-9-18(10-8-17)15-13(12(3)19)5-4-6-14(15)16/h4-6,11-12,19H,7-10H2,1-3H3. The minimum absolute atomic E-state index is 0.239. The van der Waals surface area contributed by atoms with Crippen LogP contribution < -0.4 is 4.90 Å². The van der Waals surface area contributed by atoms with E-state index >= 15 is 0 Å². The first kappa shape index (κ1) is 14.3. The Morgan fingerprint density at radius 2 is 1.74 bits per heavy atom. The van der Waals surface area contributed by atoms with Crippen molar-refractivity contribution in [2.24, 2.45) is 0 Å². The summed E-state index contributed by atoms with van der Waals surface area (Å²) in [5, 5.41) is 9.80. The van der Waals surface area contributed by atoms with E-state index in [1.165, 1.54) is 6.07 Å². The molecule has 1 aromatic carbocycles.